The van der Waals surface area contributed by atoms with Crippen LogP contribution in [0.1, 0.15) is 23.7 Å². The Labute approximate surface area is 78.2 Å². The topological polar surface area (TPSA) is 37.0 Å². The molecule has 1 atom stereocenters. The predicted molar refractivity (Wildman–Crippen MR) is 50.1 cm³/mol. The highest BCUT2D eigenvalue weighted by molar-refractivity contribution is 5.96. The minimum atomic E-state index is -0.182. The van der Waals surface area contributed by atoms with Crippen molar-refractivity contribution < 1.29 is 9.90 Å². The molecule has 0 bridgehead atoms. The first-order valence-electron chi connectivity index (χ1n) is 4.40. The normalized spacial score (nSPS) is 12.5. The Kier molecular flexibility index (Phi) is 3.65. The summed E-state index contributed by atoms with van der Waals surface area (Å²) in [6, 6.07) is 9.08. The third kappa shape index (κ3) is 2.99. The maximum absolute atomic E-state index is 11.5. The van der Waals surface area contributed by atoms with Crippen molar-refractivity contribution in [1.29, 1.82) is 0 Å². The zero-order valence-electron chi connectivity index (χ0n) is 7.69. The molecule has 0 aromatic heterocycles. The minimum absolute atomic E-state index is 0.0592. The smallest absolute Gasteiger partial charge is 0.163 e. The Morgan fingerprint density at radius 1 is 1.31 bits per heavy atom. The van der Waals surface area contributed by atoms with Gasteiger partial charge < -0.3 is 0 Å². The van der Waals surface area contributed by atoms with Crippen LogP contribution in [-0.2, 0) is 5.11 Å². The fourth-order valence-corrected chi connectivity index (χ4v) is 1.12. The van der Waals surface area contributed by atoms with Crippen LogP contribution in [0.3, 0.4) is 0 Å². The lowest BCUT2D eigenvalue weighted by Crippen LogP contribution is -2.08. The van der Waals surface area contributed by atoms with Gasteiger partial charge in [-0.25, -0.2) is 5.11 Å². The summed E-state index contributed by atoms with van der Waals surface area (Å²) in [4.78, 5) is 11.5. The summed E-state index contributed by atoms with van der Waals surface area (Å²) in [6.45, 7) is 1.62. The summed E-state index contributed by atoms with van der Waals surface area (Å²) in [5, 5.41) is 10.4. The molecule has 0 aliphatic heterocycles. The number of benzene rings is 1. The second kappa shape index (κ2) is 4.77. The van der Waals surface area contributed by atoms with E-state index in [0.29, 0.717) is 12.0 Å². The third-order valence-electron chi connectivity index (χ3n) is 1.91. The highest BCUT2D eigenvalue weighted by Gasteiger charge is 2.09. The number of hydrogen-bond acceptors (Lipinski definition) is 1. The van der Waals surface area contributed by atoms with E-state index in [1.54, 1.807) is 19.1 Å². The molecule has 0 aliphatic carbocycles. The quantitative estimate of drug-likeness (QED) is 0.650. The second-order valence-electron chi connectivity index (χ2n) is 3.27. The fourth-order valence-electron chi connectivity index (χ4n) is 1.12. The van der Waals surface area contributed by atoms with Crippen LogP contribution in [0.2, 0.25) is 0 Å². The number of carbonyl (C=O) groups is 1. The van der Waals surface area contributed by atoms with E-state index in [0.717, 1.165) is 0 Å². The molecule has 2 heteroatoms. The summed E-state index contributed by atoms with van der Waals surface area (Å²) >= 11 is 0. The molecule has 1 rings (SSSR count). The van der Waals surface area contributed by atoms with Crippen LogP contribution < -0.4 is 0 Å². The van der Waals surface area contributed by atoms with E-state index in [2.05, 4.69) is 0 Å². The zero-order valence-corrected chi connectivity index (χ0v) is 7.69. The molecule has 1 radical (unpaired) electrons. The van der Waals surface area contributed by atoms with Crippen LogP contribution in [0.4, 0.5) is 0 Å². The Balaban J connectivity index is 2.59. The fraction of sp³-hybridized carbons (Fsp3) is 0.364. The average molecular weight is 177 g/mol. The van der Waals surface area contributed by atoms with Gasteiger partial charge in [0.05, 0.1) is 6.61 Å². The van der Waals surface area contributed by atoms with E-state index in [1.807, 2.05) is 18.2 Å². The van der Waals surface area contributed by atoms with Crippen molar-refractivity contribution in [2.24, 2.45) is 5.92 Å². The monoisotopic (exact) mass is 177 g/mol. The lowest BCUT2D eigenvalue weighted by atomic mass is 10.0. The van der Waals surface area contributed by atoms with E-state index in [4.69, 9.17) is 0 Å². The number of ketones is 1. The lowest BCUT2D eigenvalue weighted by molar-refractivity contribution is 0.0907. The molecule has 0 spiro atoms. The molecule has 0 N–H and O–H groups in total. The summed E-state index contributed by atoms with van der Waals surface area (Å²) in [6.07, 6.45) is 0.355. The standard InChI is InChI=1S/C11H13O2/c1-9(8-12)7-11(13)10-5-3-2-4-6-10/h2-6,9H,7-8H2,1H3. The van der Waals surface area contributed by atoms with Crippen molar-refractivity contribution in [2.75, 3.05) is 6.61 Å². The number of Topliss-reactive ketones (excluding diaryl/α,β-unsaturated/α-hetero) is 1. The maximum Gasteiger partial charge on any atom is 0.163 e. The number of rotatable bonds is 4. The van der Waals surface area contributed by atoms with Crippen molar-refractivity contribution in [3.8, 4) is 0 Å². The van der Waals surface area contributed by atoms with Gasteiger partial charge in [0.2, 0.25) is 0 Å². The Bertz CT molecular complexity index is 267. The highest BCUT2D eigenvalue weighted by Crippen LogP contribution is 2.08. The first kappa shape index (κ1) is 9.93. The molecular weight excluding hydrogens is 164 g/mol. The third-order valence-corrected chi connectivity index (χ3v) is 1.91. The van der Waals surface area contributed by atoms with Crippen LogP contribution in [0.25, 0.3) is 0 Å². The van der Waals surface area contributed by atoms with Crippen LogP contribution in [0, 0.1) is 5.92 Å². The van der Waals surface area contributed by atoms with Crippen molar-refractivity contribution >= 4 is 5.78 Å². The molecule has 1 unspecified atom stereocenters. The van der Waals surface area contributed by atoms with E-state index in [9.17, 15) is 9.90 Å². The summed E-state index contributed by atoms with van der Waals surface area (Å²) < 4.78 is 0. The van der Waals surface area contributed by atoms with Crippen LogP contribution in [0.15, 0.2) is 30.3 Å². The van der Waals surface area contributed by atoms with Gasteiger partial charge in [0.1, 0.15) is 0 Å². The van der Waals surface area contributed by atoms with Gasteiger partial charge in [-0.15, -0.1) is 0 Å². The van der Waals surface area contributed by atoms with Gasteiger partial charge in [0.25, 0.3) is 0 Å². The van der Waals surface area contributed by atoms with Gasteiger partial charge >= 0.3 is 0 Å². The van der Waals surface area contributed by atoms with Crippen molar-refractivity contribution in [2.45, 2.75) is 13.3 Å². The number of carbonyl (C=O) groups excluding carboxylic acids is 1. The molecular formula is C11H13O2. The molecule has 1 aromatic rings. The molecule has 0 saturated heterocycles. The number of hydrogen-bond donors (Lipinski definition) is 0. The molecule has 0 fully saturated rings. The minimum Gasteiger partial charge on any atom is -0.294 e. The summed E-state index contributed by atoms with van der Waals surface area (Å²) in [5.41, 5.74) is 0.697. The molecule has 0 amide bonds. The molecule has 0 heterocycles. The zero-order chi connectivity index (χ0) is 9.68. The van der Waals surface area contributed by atoms with Crippen molar-refractivity contribution in [3.63, 3.8) is 0 Å². The molecule has 2 nitrogen and oxygen atoms in total. The van der Waals surface area contributed by atoms with E-state index in [-0.39, 0.29) is 18.3 Å². The van der Waals surface area contributed by atoms with Gasteiger partial charge in [-0.3, -0.25) is 4.79 Å². The highest BCUT2D eigenvalue weighted by atomic mass is 16.3. The van der Waals surface area contributed by atoms with Crippen molar-refractivity contribution in [1.82, 2.24) is 0 Å². The first-order valence-corrected chi connectivity index (χ1v) is 4.40. The van der Waals surface area contributed by atoms with Crippen molar-refractivity contribution in [3.05, 3.63) is 35.9 Å². The lowest BCUT2D eigenvalue weighted by Gasteiger charge is -2.04. The molecule has 69 valence electrons. The van der Waals surface area contributed by atoms with E-state index < -0.39 is 0 Å². The SMILES string of the molecule is CC(C[O])CC(=O)c1ccccc1. The Hall–Kier alpha value is -1.15. The summed E-state index contributed by atoms with van der Waals surface area (Å²) in [7, 11) is 0. The van der Waals surface area contributed by atoms with Crippen LogP contribution in [0.5, 0.6) is 0 Å². The van der Waals surface area contributed by atoms with Gasteiger partial charge in [-0.1, -0.05) is 37.3 Å². The van der Waals surface area contributed by atoms with E-state index in [1.165, 1.54) is 0 Å². The van der Waals surface area contributed by atoms with Gasteiger partial charge in [-0.05, 0) is 5.92 Å². The van der Waals surface area contributed by atoms with Gasteiger partial charge in [0, 0.05) is 12.0 Å². The van der Waals surface area contributed by atoms with Gasteiger partial charge in [0.15, 0.2) is 5.78 Å². The Morgan fingerprint density at radius 3 is 2.46 bits per heavy atom. The largest absolute Gasteiger partial charge is 0.294 e. The Morgan fingerprint density at radius 2 is 1.92 bits per heavy atom. The van der Waals surface area contributed by atoms with E-state index >= 15 is 0 Å². The molecule has 0 saturated carbocycles. The van der Waals surface area contributed by atoms with Crippen LogP contribution >= 0.6 is 0 Å². The van der Waals surface area contributed by atoms with Gasteiger partial charge in [-0.2, -0.15) is 0 Å². The molecule has 13 heavy (non-hydrogen) atoms. The summed E-state index contributed by atoms with van der Waals surface area (Å²) in [5.74, 6) is -0.00310. The first-order chi connectivity index (χ1) is 6.24. The maximum atomic E-state index is 11.5. The second-order valence-corrected chi connectivity index (χ2v) is 3.27. The average Bonchev–Trinajstić information content (AvgIpc) is 2.19. The molecule has 0 aliphatic rings. The predicted octanol–water partition coefficient (Wildman–Crippen LogP) is 2.33. The molecule has 1 aromatic carbocycles. The van der Waals surface area contributed by atoms with Crippen LogP contribution in [-0.4, -0.2) is 12.4 Å².